The van der Waals surface area contributed by atoms with Crippen molar-refractivity contribution in [3.8, 4) is 0 Å². The van der Waals surface area contributed by atoms with Gasteiger partial charge in [-0.25, -0.2) is 0 Å². The molecule has 1 aromatic rings. The number of fused-ring (bicyclic) bond motifs is 1. The number of likely N-dealkylation sites (tertiary alicyclic amines) is 1. The van der Waals surface area contributed by atoms with E-state index in [9.17, 15) is 14.4 Å². The summed E-state index contributed by atoms with van der Waals surface area (Å²) in [7, 11) is 0. The molecule has 3 aliphatic heterocycles. The number of carbonyl (C=O) groups excluding carboxylic acids is 3. The zero-order valence-corrected chi connectivity index (χ0v) is 16.9. The van der Waals surface area contributed by atoms with Gasteiger partial charge in [-0.05, 0) is 24.5 Å². The average molecular weight is 399 g/mol. The number of nitrogens with one attached hydrogen (secondary N) is 1. The Bertz CT molecular complexity index is 765. The summed E-state index contributed by atoms with van der Waals surface area (Å²) >= 11 is 0. The summed E-state index contributed by atoms with van der Waals surface area (Å²) in [6.07, 6.45) is 4.83. The number of hydrogen-bond donors (Lipinski definition) is 1. The molecular weight excluding hydrogens is 368 g/mol. The molecule has 29 heavy (non-hydrogen) atoms. The van der Waals surface area contributed by atoms with Crippen molar-refractivity contribution in [1.82, 2.24) is 14.7 Å². The zero-order valence-electron chi connectivity index (χ0n) is 16.9. The summed E-state index contributed by atoms with van der Waals surface area (Å²) in [5, 5.41) is 2.85. The van der Waals surface area contributed by atoms with E-state index in [0.717, 1.165) is 37.2 Å². The van der Waals surface area contributed by atoms with Gasteiger partial charge in [-0.3, -0.25) is 19.3 Å². The largest absolute Gasteiger partial charge is 0.342 e. The molecule has 156 valence electrons. The Morgan fingerprint density at radius 3 is 2.31 bits per heavy atom. The van der Waals surface area contributed by atoms with Crippen molar-refractivity contribution in [2.24, 2.45) is 0 Å². The van der Waals surface area contributed by atoms with Crippen LogP contribution in [-0.2, 0) is 14.4 Å². The highest BCUT2D eigenvalue weighted by atomic mass is 16.2. The SMILES string of the molecule is O=C1CC(C(=O)N2CCN(CC(=O)N3CCCCCC3)CC2)c2ccccc2N1. The third-order valence-electron chi connectivity index (χ3n) is 6.30. The number of anilines is 1. The quantitative estimate of drug-likeness (QED) is 0.841. The van der Waals surface area contributed by atoms with Crippen LogP contribution in [0.5, 0.6) is 0 Å². The fourth-order valence-electron chi connectivity index (χ4n) is 4.59. The normalized spacial score (nSPS) is 23.2. The number of carbonyl (C=O) groups is 3. The summed E-state index contributed by atoms with van der Waals surface area (Å²) in [4.78, 5) is 43.8. The smallest absolute Gasteiger partial charge is 0.236 e. The predicted molar refractivity (Wildman–Crippen MR) is 110 cm³/mol. The first-order valence-corrected chi connectivity index (χ1v) is 10.8. The Hall–Kier alpha value is -2.41. The molecule has 2 fully saturated rings. The van der Waals surface area contributed by atoms with E-state index in [1.807, 2.05) is 34.1 Å². The lowest BCUT2D eigenvalue weighted by Gasteiger charge is -2.37. The second kappa shape index (κ2) is 8.95. The molecule has 7 nitrogen and oxygen atoms in total. The van der Waals surface area contributed by atoms with Crippen LogP contribution in [0.25, 0.3) is 0 Å². The minimum absolute atomic E-state index is 0.0193. The monoisotopic (exact) mass is 398 g/mol. The molecule has 1 aromatic carbocycles. The van der Waals surface area contributed by atoms with Crippen LogP contribution in [0.4, 0.5) is 5.69 Å². The fourth-order valence-corrected chi connectivity index (χ4v) is 4.59. The Morgan fingerprint density at radius 1 is 0.897 bits per heavy atom. The lowest BCUT2D eigenvalue weighted by molar-refractivity contribution is -0.137. The molecule has 4 rings (SSSR count). The molecule has 7 heteroatoms. The lowest BCUT2D eigenvalue weighted by Crippen LogP contribution is -2.53. The van der Waals surface area contributed by atoms with Crippen molar-refractivity contribution in [3.63, 3.8) is 0 Å². The number of piperazine rings is 1. The van der Waals surface area contributed by atoms with Crippen LogP contribution in [0.1, 0.15) is 43.6 Å². The van der Waals surface area contributed by atoms with Gasteiger partial charge >= 0.3 is 0 Å². The van der Waals surface area contributed by atoms with E-state index in [1.165, 1.54) is 12.8 Å². The van der Waals surface area contributed by atoms with E-state index >= 15 is 0 Å². The lowest BCUT2D eigenvalue weighted by atomic mass is 9.89. The number of nitrogens with zero attached hydrogens (tertiary/aromatic N) is 3. The Morgan fingerprint density at radius 2 is 1.59 bits per heavy atom. The molecule has 3 amide bonds. The van der Waals surface area contributed by atoms with Crippen LogP contribution in [0.15, 0.2) is 24.3 Å². The van der Waals surface area contributed by atoms with Gasteiger partial charge in [-0.1, -0.05) is 31.0 Å². The number of para-hydroxylation sites is 1. The summed E-state index contributed by atoms with van der Waals surface area (Å²) in [6.45, 7) is 4.80. The van der Waals surface area contributed by atoms with Gasteiger partial charge in [0, 0.05) is 51.4 Å². The number of amides is 3. The van der Waals surface area contributed by atoms with Gasteiger partial charge in [0.05, 0.1) is 12.5 Å². The molecular formula is C22H30N4O3. The maximum absolute atomic E-state index is 13.1. The molecule has 0 bridgehead atoms. The standard InChI is InChI=1S/C22H30N4O3/c27-20-15-18(17-7-3-4-8-19(17)23-20)22(29)26-13-11-24(12-14-26)16-21(28)25-9-5-1-2-6-10-25/h3-4,7-8,18H,1-2,5-6,9-16H2,(H,23,27). The second-order valence-corrected chi connectivity index (χ2v) is 8.29. The van der Waals surface area contributed by atoms with Gasteiger partial charge in [0.25, 0.3) is 0 Å². The maximum Gasteiger partial charge on any atom is 0.236 e. The topological polar surface area (TPSA) is 73.0 Å². The van der Waals surface area contributed by atoms with Crippen LogP contribution in [0.2, 0.25) is 0 Å². The summed E-state index contributed by atoms with van der Waals surface area (Å²) < 4.78 is 0. The van der Waals surface area contributed by atoms with Crippen LogP contribution >= 0.6 is 0 Å². The van der Waals surface area contributed by atoms with E-state index in [-0.39, 0.29) is 24.1 Å². The van der Waals surface area contributed by atoms with E-state index in [0.29, 0.717) is 32.7 Å². The first-order chi connectivity index (χ1) is 14.1. The van der Waals surface area contributed by atoms with Gasteiger partial charge in [0.15, 0.2) is 0 Å². The Balaban J connectivity index is 1.32. The number of hydrogen-bond acceptors (Lipinski definition) is 4. The highest BCUT2D eigenvalue weighted by molar-refractivity contribution is 6.01. The third-order valence-corrected chi connectivity index (χ3v) is 6.30. The molecule has 1 atom stereocenters. The highest BCUT2D eigenvalue weighted by Gasteiger charge is 2.34. The van der Waals surface area contributed by atoms with Crippen LogP contribution in [-0.4, -0.2) is 78.2 Å². The zero-order chi connectivity index (χ0) is 20.2. The maximum atomic E-state index is 13.1. The van der Waals surface area contributed by atoms with Crippen LogP contribution in [0.3, 0.4) is 0 Å². The van der Waals surface area contributed by atoms with Gasteiger partial charge in [-0.2, -0.15) is 0 Å². The molecule has 0 aliphatic carbocycles. The predicted octanol–water partition coefficient (Wildman–Crippen LogP) is 1.66. The van der Waals surface area contributed by atoms with E-state index < -0.39 is 5.92 Å². The summed E-state index contributed by atoms with van der Waals surface area (Å²) in [5.41, 5.74) is 1.64. The van der Waals surface area contributed by atoms with Crippen LogP contribution in [0, 0.1) is 0 Å². The number of benzene rings is 1. The van der Waals surface area contributed by atoms with Crippen molar-refractivity contribution >= 4 is 23.4 Å². The van der Waals surface area contributed by atoms with Crippen molar-refractivity contribution < 1.29 is 14.4 Å². The van der Waals surface area contributed by atoms with Crippen LogP contribution < -0.4 is 5.32 Å². The van der Waals surface area contributed by atoms with Gasteiger partial charge in [0.2, 0.25) is 17.7 Å². The van der Waals surface area contributed by atoms with E-state index in [2.05, 4.69) is 10.2 Å². The van der Waals surface area contributed by atoms with Crippen molar-refractivity contribution in [1.29, 1.82) is 0 Å². The van der Waals surface area contributed by atoms with Crippen molar-refractivity contribution in [2.45, 2.75) is 38.0 Å². The second-order valence-electron chi connectivity index (χ2n) is 8.29. The Kier molecular flexibility index (Phi) is 6.13. The average Bonchev–Trinajstić information content (AvgIpc) is 3.03. The fraction of sp³-hybridized carbons (Fsp3) is 0.591. The number of rotatable bonds is 3. The van der Waals surface area contributed by atoms with Crippen molar-refractivity contribution in [2.75, 3.05) is 51.1 Å². The molecule has 2 saturated heterocycles. The summed E-state index contributed by atoms with van der Waals surface area (Å²) in [6, 6.07) is 7.54. The van der Waals surface area contributed by atoms with Crippen molar-refractivity contribution in [3.05, 3.63) is 29.8 Å². The highest BCUT2D eigenvalue weighted by Crippen LogP contribution is 2.33. The first kappa shape index (κ1) is 19.9. The molecule has 0 spiro atoms. The Labute approximate surface area is 172 Å². The molecule has 3 aliphatic rings. The summed E-state index contributed by atoms with van der Waals surface area (Å²) in [5.74, 6) is -0.288. The molecule has 1 N–H and O–H groups in total. The molecule has 0 radical (unpaired) electrons. The van der Waals surface area contributed by atoms with Gasteiger partial charge in [-0.15, -0.1) is 0 Å². The van der Waals surface area contributed by atoms with E-state index in [4.69, 9.17) is 0 Å². The third kappa shape index (κ3) is 4.61. The minimum Gasteiger partial charge on any atom is -0.342 e. The molecule has 3 heterocycles. The molecule has 1 unspecified atom stereocenters. The van der Waals surface area contributed by atoms with Gasteiger partial charge in [0.1, 0.15) is 0 Å². The van der Waals surface area contributed by atoms with E-state index in [1.54, 1.807) is 0 Å². The van der Waals surface area contributed by atoms with Gasteiger partial charge < -0.3 is 15.1 Å². The molecule has 0 aromatic heterocycles. The minimum atomic E-state index is -0.412. The molecule has 0 saturated carbocycles. The first-order valence-electron chi connectivity index (χ1n) is 10.8.